The van der Waals surface area contributed by atoms with Crippen LogP contribution in [-0.4, -0.2) is 11.7 Å². The monoisotopic (exact) mass is 320 g/mol. The van der Waals surface area contributed by atoms with Crippen molar-refractivity contribution in [2.24, 2.45) is 0 Å². The Balaban J connectivity index is 2.07. The summed E-state index contributed by atoms with van der Waals surface area (Å²) in [7, 11) is 0. The molecule has 1 unspecified atom stereocenters. The molecule has 1 N–H and O–H groups in total. The summed E-state index contributed by atoms with van der Waals surface area (Å²) in [6, 6.07) is 15.5. The third-order valence-electron chi connectivity index (χ3n) is 2.95. The van der Waals surface area contributed by atoms with Gasteiger partial charge in [-0.1, -0.05) is 46.3 Å². The Labute approximate surface area is 122 Å². The van der Waals surface area contributed by atoms with E-state index in [9.17, 15) is 5.11 Å². The fourth-order valence-corrected chi connectivity index (χ4v) is 2.39. The van der Waals surface area contributed by atoms with Crippen molar-refractivity contribution in [1.29, 1.82) is 0 Å². The highest BCUT2D eigenvalue weighted by Gasteiger charge is 2.10. The van der Waals surface area contributed by atoms with Crippen LogP contribution in [0, 0.1) is 0 Å². The third-order valence-corrected chi connectivity index (χ3v) is 3.72. The topological polar surface area (TPSA) is 29.5 Å². The molecule has 0 aliphatic carbocycles. The maximum Gasteiger partial charge on any atom is 0.119 e. The molecule has 0 aliphatic rings. The van der Waals surface area contributed by atoms with Crippen molar-refractivity contribution < 1.29 is 9.84 Å². The number of hydrogen-bond acceptors (Lipinski definition) is 2. The van der Waals surface area contributed by atoms with Gasteiger partial charge < -0.3 is 9.84 Å². The summed E-state index contributed by atoms with van der Waals surface area (Å²) < 4.78 is 6.42. The first-order valence-electron chi connectivity index (χ1n) is 6.35. The third kappa shape index (κ3) is 3.82. The number of aliphatic hydroxyl groups is 1. The number of benzene rings is 2. The summed E-state index contributed by atoms with van der Waals surface area (Å²) >= 11 is 3.50. The van der Waals surface area contributed by atoms with Gasteiger partial charge in [0.05, 0.1) is 12.7 Å². The van der Waals surface area contributed by atoms with Crippen LogP contribution >= 0.6 is 15.9 Å². The van der Waals surface area contributed by atoms with Gasteiger partial charge in [0, 0.05) is 10.9 Å². The lowest BCUT2D eigenvalue weighted by Crippen LogP contribution is -2.02. The van der Waals surface area contributed by atoms with Crippen LogP contribution in [-0.2, 0) is 6.42 Å². The molecule has 1 atom stereocenters. The van der Waals surface area contributed by atoms with E-state index in [2.05, 4.69) is 15.9 Å². The quantitative estimate of drug-likeness (QED) is 0.897. The molecule has 0 aliphatic heterocycles. The molecular formula is C16H17BrO2. The number of ether oxygens (including phenoxy) is 1. The van der Waals surface area contributed by atoms with E-state index in [0.29, 0.717) is 13.0 Å². The molecule has 2 rings (SSSR count). The lowest BCUT2D eigenvalue weighted by molar-refractivity contribution is 0.178. The van der Waals surface area contributed by atoms with Crippen molar-refractivity contribution in [3.8, 4) is 5.75 Å². The number of rotatable bonds is 5. The van der Waals surface area contributed by atoms with Gasteiger partial charge in [0.15, 0.2) is 0 Å². The van der Waals surface area contributed by atoms with Gasteiger partial charge in [0.25, 0.3) is 0 Å². The standard InChI is InChI=1S/C16H17BrO2/c1-2-19-14-9-7-12(8-10-14)16(18)11-13-5-3-4-6-15(13)17/h3-10,16,18H,2,11H2,1H3. The van der Waals surface area contributed by atoms with Gasteiger partial charge in [-0.05, 0) is 36.2 Å². The number of halogens is 1. The summed E-state index contributed by atoms with van der Waals surface area (Å²) in [4.78, 5) is 0. The van der Waals surface area contributed by atoms with Crippen LogP contribution in [0.4, 0.5) is 0 Å². The Morgan fingerprint density at radius 1 is 1.11 bits per heavy atom. The minimum Gasteiger partial charge on any atom is -0.494 e. The van der Waals surface area contributed by atoms with E-state index in [1.807, 2.05) is 55.5 Å². The largest absolute Gasteiger partial charge is 0.494 e. The van der Waals surface area contributed by atoms with Gasteiger partial charge in [-0.2, -0.15) is 0 Å². The number of hydrogen-bond donors (Lipinski definition) is 1. The molecule has 0 radical (unpaired) electrons. The molecule has 0 bridgehead atoms. The zero-order chi connectivity index (χ0) is 13.7. The van der Waals surface area contributed by atoms with Crippen LogP contribution in [0.15, 0.2) is 53.0 Å². The Morgan fingerprint density at radius 3 is 2.42 bits per heavy atom. The highest BCUT2D eigenvalue weighted by molar-refractivity contribution is 9.10. The summed E-state index contributed by atoms with van der Waals surface area (Å²) in [5.41, 5.74) is 2.00. The van der Waals surface area contributed by atoms with E-state index in [0.717, 1.165) is 21.3 Å². The average Bonchev–Trinajstić information content (AvgIpc) is 2.42. The SMILES string of the molecule is CCOc1ccc(C(O)Cc2ccccc2Br)cc1. The van der Waals surface area contributed by atoms with Crippen molar-refractivity contribution in [3.05, 3.63) is 64.1 Å². The van der Waals surface area contributed by atoms with E-state index >= 15 is 0 Å². The first-order chi connectivity index (χ1) is 9.20. The van der Waals surface area contributed by atoms with Gasteiger partial charge in [0.1, 0.15) is 5.75 Å². The molecule has 0 spiro atoms. The maximum atomic E-state index is 10.3. The van der Waals surface area contributed by atoms with Crippen molar-refractivity contribution >= 4 is 15.9 Å². The van der Waals surface area contributed by atoms with Gasteiger partial charge in [0.2, 0.25) is 0 Å². The predicted molar refractivity (Wildman–Crippen MR) is 80.4 cm³/mol. The Morgan fingerprint density at radius 2 is 1.79 bits per heavy atom. The normalized spacial score (nSPS) is 12.2. The fraction of sp³-hybridized carbons (Fsp3) is 0.250. The lowest BCUT2D eigenvalue weighted by atomic mass is 10.0. The van der Waals surface area contributed by atoms with E-state index in [1.54, 1.807) is 0 Å². The molecule has 0 fully saturated rings. The van der Waals surface area contributed by atoms with Crippen LogP contribution in [0.3, 0.4) is 0 Å². The van der Waals surface area contributed by atoms with Crippen molar-refractivity contribution in [2.75, 3.05) is 6.61 Å². The van der Waals surface area contributed by atoms with Crippen molar-refractivity contribution in [1.82, 2.24) is 0 Å². The van der Waals surface area contributed by atoms with Gasteiger partial charge in [-0.3, -0.25) is 0 Å². The maximum absolute atomic E-state index is 10.3. The fourth-order valence-electron chi connectivity index (χ4n) is 1.94. The molecule has 100 valence electrons. The van der Waals surface area contributed by atoms with E-state index in [4.69, 9.17) is 4.74 Å². The van der Waals surface area contributed by atoms with Crippen LogP contribution in [0.2, 0.25) is 0 Å². The molecule has 0 saturated carbocycles. The summed E-state index contributed by atoms with van der Waals surface area (Å²) in [6.45, 7) is 2.61. The van der Waals surface area contributed by atoms with E-state index in [-0.39, 0.29) is 0 Å². The Hall–Kier alpha value is -1.32. The first kappa shape index (κ1) is 14.1. The average molecular weight is 321 g/mol. The van der Waals surface area contributed by atoms with Crippen molar-refractivity contribution in [3.63, 3.8) is 0 Å². The Kier molecular flexibility index (Phi) is 5.00. The summed E-state index contributed by atoms with van der Waals surface area (Å²) in [6.07, 6.45) is 0.0875. The van der Waals surface area contributed by atoms with Crippen LogP contribution < -0.4 is 4.74 Å². The van der Waals surface area contributed by atoms with Gasteiger partial charge in [-0.15, -0.1) is 0 Å². The summed E-state index contributed by atoms with van der Waals surface area (Å²) in [5, 5.41) is 10.3. The van der Waals surface area contributed by atoms with Gasteiger partial charge >= 0.3 is 0 Å². The van der Waals surface area contributed by atoms with E-state index in [1.165, 1.54) is 0 Å². The molecule has 2 nitrogen and oxygen atoms in total. The smallest absolute Gasteiger partial charge is 0.119 e. The predicted octanol–water partition coefficient (Wildman–Crippen LogP) is 4.12. The van der Waals surface area contributed by atoms with E-state index < -0.39 is 6.10 Å². The molecule has 0 heterocycles. The first-order valence-corrected chi connectivity index (χ1v) is 7.14. The van der Waals surface area contributed by atoms with Gasteiger partial charge in [-0.25, -0.2) is 0 Å². The minimum absolute atomic E-state index is 0.505. The lowest BCUT2D eigenvalue weighted by Gasteiger charge is -2.13. The molecule has 19 heavy (non-hydrogen) atoms. The molecule has 0 saturated heterocycles. The summed E-state index contributed by atoms with van der Waals surface area (Å²) in [5.74, 6) is 0.833. The minimum atomic E-state index is -0.505. The number of aliphatic hydroxyl groups excluding tert-OH is 1. The highest BCUT2D eigenvalue weighted by Crippen LogP contribution is 2.25. The highest BCUT2D eigenvalue weighted by atomic mass is 79.9. The Bertz CT molecular complexity index is 523. The van der Waals surface area contributed by atoms with Crippen LogP contribution in [0.1, 0.15) is 24.2 Å². The molecule has 0 aromatic heterocycles. The second-order valence-corrected chi connectivity index (χ2v) is 5.17. The second-order valence-electron chi connectivity index (χ2n) is 4.31. The second kappa shape index (κ2) is 6.73. The zero-order valence-electron chi connectivity index (χ0n) is 10.8. The molecule has 2 aromatic rings. The van der Waals surface area contributed by atoms with Crippen molar-refractivity contribution in [2.45, 2.75) is 19.4 Å². The molecule has 2 aromatic carbocycles. The zero-order valence-corrected chi connectivity index (χ0v) is 12.4. The molecular weight excluding hydrogens is 304 g/mol. The van der Waals surface area contributed by atoms with Crippen LogP contribution in [0.5, 0.6) is 5.75 Å². The molecule has 3 heteroatoms. The van der Waals surface area contributed by atoms with Crippen LogP contribution in [0.25, 0.3) is 0 Å². The molecule has 0 amide bonds.